The number of imide groups is 1. The first-order valence-corrected chi connectivity index (χ1v) is 10.2. The van der Waals surface area contributed by atoms with E-state index >= 15 is 0 Å². The molecule has 6 nitrogen and oxygen atoms in total. The van der Waals surface area contributed by atoms with Gasteiger partial charge in [-0.15, -0.1) is 0 Å². The maximum absolute atomic E-state index is 13.3. The minimum Gasteiger partial charge on any atom is -0.382 e. The fraction of sp³-hybridized carbons (Fsp3) is 0.375. The van der Waals surface area contributed by atoms with E-state index in [1.807, 2.05) is 50.2 Å². The Balaban J connectivity index is 1.79. The second-order valence-corrected chi connectivity index (χ2v) is 7.33. The van der Waals surface area contributed by atoms with Gasteiger partial charge in [-0.25, -0.2) is 4.90 Å². The number of aryl methyl sites for hydroxylation is 2. The van der Waals surface area contributed by atoms with Gasteiger partial charge < -0.3 is 9.47 Å². The number of carbonyl (C=O) groups excluding carboxylic acids is 2. The SMILES string of the molecule is COCCOCCCN=C[C@H]1C(=O)N(c2ccc(C)c(C)c2)C(=O)c2ccccc21. The van der Waals surface area contributed by atoms with Crippen molar-refractivity contribution in [2.75, 3.05) is 38.4 Å². The Labute approximate surface area is 177 Å². The van der Waals surface area contributed by atoms with E-state index < -0.39 is 5.92 Å². The van der Waals surface area contributed by atoms with Crippen LogP contribution in [0.4, 0.5) is 5.69 Å². The van der Waals surface area contributed by atoms with E-state index in [2.05, 4.69) is 4.99 Å². The van der Waals surface area contributed by atoms with E-state index in [1.54, 1.807) is 19.4 Å². The molecular weight excluding hydrogens is 380 g/mol. The van der Waals surface area contributed by atoms with Crippen LogP contribution in [-0.2, 0) is 14.3 Å². The minimum absolute atomic E-state index is 0.276. The number of aliphatic imine (C=N–C) groups is 1. The molecule has 0 saturated heterocycles. The molecule has 0 N–H and O–H groups in total. The van der Waals surface area contributed by atoms with Crippen molar-refractivity contribution in [1.29, 1.82) is 0 Å². The van der Waals surface area contributed by atoms with Crippen LogP contribution in [0.15, 0.2) is 47.5 Å². The number of benzene rings is 2. The maximum atomic E-state index is 13.3. The van der Waals surface area contributed by atoms with Gasteiger partial charge in [0.05, 0.1) is 24.8 Å². The first-order chi connectivity index (χ1) is 14.5. The third-order valence-electron chi connectivity index (χ3n) is 5.23. The highest BCUT2D eigenvalue weighted by Gasteiger charge is 2.38. The minimum atomic E-state index is -0.588. The smallest absolute Gasteiger partial charge is 0.265 e. The molecule has 0 saturated carbocycles. The standard InChI is InChI=1S/C24H28N2O4/c1-17-9-10-19(15-18(17)2)26-23(27)21-8-5-4-7-20(21)22(24(26)28)16-25-11-6-12-30-14-13-29-3/h4-5,7-10,15-16,22H,6,11-14H2,1-3H3/t22-/m1/s1. The fourth-order valence-corrected chi connectivity index (χ4v) is 3.39. The molecule has 6 heteroatoms. The number of methoxy groups -OCH3 is 1. The van der Waals surface area contributed by atoms with Crippen molar-refractivity contribution in [1.82, 2.24) is 0 Å². The highest BCUT2D eigenvalue weighted by molar-refractivity contribution is 6.29. The lowest BCUT2D eigenvalue weighted by atomic mass is 9.88. The fourth-order valence-electron chi connectivity index (χ4n) is 3.39. The molecule has 2 aromatic rings. The van der Waals surface area contributed by atoms with Gasteiger partial charge in [-0.05, 0) is 55.2 Å². The first-order valence-electron chi connectivity index (χ1n) is 10.2. The van der Waals surface area contributed by atoms with Crippen LogP contribution >= 0.6 is 0 Å². The molecule has 1 aliphatic rings. The molecule has 2 aromatic carbocycles. The van der Waals surface area contributed by atoms with Crippen molar-refractivity contribution in [2.24, 2.45) is 4.99 Å². The number of hydrogen-bond donors (Lipinski definition) is 0. The average molecular weight is 408 g/mol. The van der Waals surface area contributed by atoms with Gasteiger partial charge in [0.15, 0.2) is 0 Å². The van der Waals surface area contributed by atoms with Crippen molar-refractivity contribution in [2.45, 2.75) is 26.2 Å². The van der Waals surface area contributed by atoms with Crippen LogP contribution in [0.3, 0.4) is 0 Å². The van der Waals surface area contributed by atoms with Crippen LogP contribution in [0.25, 0.3) is 0 Å². The summed E-state index contributed by atoms with van der Waals surface area (Å²) in [6.45, 7) is 6.24. The highest BCUT2D eigenvalue weighted by atomic mass is 16.5. The van der Waals surface area contributed by atoms with Gasteiger partial charge in [0.2, 0.25) is 5.91 Å². The van der Waals surface area contributed by atoms with E-state index in [1.165, 1.54) is 4.90 Å². The van der Waals surface area contributed by atoms with Crippen LogP contribution < -0.4 is 4.90 Å². The van der Waals surface area contributed by atoms with E-state index in [-0.39, 0.29) is 11.8 Å². The van der Waals surface area contributed by atoms with E-state index in [9.17, 15) is 9.59 Å². The van der Waals surface area contributed by atoms with Crippen molar-refractivity contribution in [3.05, 3.63) is 64.7 Å². The lowest BCUT2D eigenvalue weighted by Gasteiger charge is -2.31. The van der Waals surface area contributed by atoms with Gasteiger partial charge in [0.1, 0.15) is 0 Å². The van der Waals surface area contributed by atoms with Crippen LogP contribution in [0.2, 0.25) is 0 Å². The molecule has 1 atom stereocenters. The summed E-state index contributed by atoms with van der Waals surface area (Å²) >= 11 is 0. The predicted octanol–water partition coefficient (Wildman–Crippen LogP) is 3.70. The zero-order valence-corrected chi connectivity index (χ0v) is 17.8. The molecular formula is C24H28N2O4. The summed E-state index contributed by atoms with van der Waals surface area (Å²) in [7, 11) is 1.64. The van der Waals surface area contributed by atoms with Gasteiger partial charge in [-0.1, -0.05) is 24.3 Å². The van der Waals surface area contributed by atoms with Crippen molar-refractivity contribution < 1.29 is 19.1 Å². The quantitative estimate of drug-likeness (QED) is 0.360. The second-order valence-electron chi connectivity index (χ2n) is 7.33. The van der Waals surface area contributed by atoms with E-state index in [4.69, 9.17) is 9.47 Å². The molecule has 0 aliphatic carbocycles. The molecule has 30 heavy (non-hydrogen) atoms. The second kappa shape index (κ2) is 10.3. The Morgan fingerprint density at radius 1 is 1.03 bits per heavy atom. The normalized spacial score (nSPS) is 16.4. The first kappa shape index (κ1) is 21.9. The molecule has 0 aromatic heterocycles. The van der Waals surface area contributed by atoms with Crippen molar-refractivity contribution in [3.63, 3.8) is 0 Å². The van der Waals surface area contributed by atoms with Crippen molar-refractivity contribution in [3.8, 4) is 0 Å². The molecule has 3 rings (SSSR count). The number of ether oxygens (including phenoxy) is 2. The maximum Gasteiger partial charge on any atom is 0.265 e. The Kier molecular flexibility index (Phi) is 7.49. The van der Waals surface area contributed by atoms with Crippen LogP contribution in [0.5, 0.6) is 0 Å². The lowest BCUT2D eigenvalue weighted by molar-refractivity contribution is -0.118. The molecule has 0 radical (unpaired) electrons. The summed E-state index contributed by atoms with van der Waals surface area (Å²) in [4.78, 5) is 32.1. The van der Waals surface area contributed by atoms with E-state index in [0.29, 0.717) is 43.2 Å². The number of amides is 2. The molecule has 158 valence electrons. The monoisotopic (exact) mass is 408 g/mol. The topological polar surface area (TPSA) is 68.2 Å². The Morgan fingerprint density at radius 3 is 2.60 bits per heavy atom. The zero-order chi connectivity index (χ0) is 21.5. The Bertz CT molecular complexity index is 939. The number of fused-ring (bicyclic) bond motifs is 1. The molecule has 1 aliphatic heterocycles. The Hall–Kier alpha value is -2.83. The average Bonchev–Trinajstić information content (AvgIpc) is 2.74. The third kappa shape index (κ3) is 4.83. The Morgan fingerprint density at radius 2 is 1.83 bits per heavy atom. The summed E-state index contributed by atoms with van der Waals surface area (Å²) < 4.78 is 10.4. The number of carbonyl (C=O) groups is 2. The number of rotatable bonds is 9. The molecule has 0 fully saturated rings. The molecule has 0 spiro atoms. The summed E-state index contributed by atoms with van der Waals surface area (Å²) in [5.74, 6) is -1.16. The van der Waals surface area contributed by atoms with Gasteiger partial charge >= 0.3 is 0 Å². The predicted molar refractivity (Wildman–Crippen MR) is 118 cm³/mol. The number of nitrogens with zero attached hydrogens (tertiary/aromatic N) is 2. The summed E-state index contributed by atoms with van der Waals surface area (Å²) in [6, 6.07) is 12.9. The summed E-state index contributed by atoms with van der Waals surface area (Å²) in [5, 5.41) is 0. The van der Waals surface area contributed by atoms with Crippen LogP contribution in [-0.4, -0.2) is 51.5 Å². The third-order valence-corrected chi connectivity index (χ3v) is 5.23. The van der Waals surface area contributed by atoms with Crippen LogP contribution in [0, 0.1) is 13.8 Å². The highest BCUT2D eigenvalue weighted by Crippen LogP contribution is 2.32. The summed E-state index contributed by atoms with van der Waals surface area (Å²) in [5.41, 5.74) is 3.97. The lowest BCUT2D eigenvalue weighted by Crippen LogP contribution is -2.45. The van der Waals surface area contributed by atoms with Crippen LogP contribution in [0.1, 0.15) is 39.4 Å². The van der Waals surface area contributed by atoms with Gasteiger partial charge in [-0.2, -0.15) is 0 Å². The number of hydrogen-bond acceptors (Lipinski definition) is 5. The zero-order valence-electron chi connectivity index (χ0n) is 17.8. The van der Waals surface area contributed by atoms with Gasteiger partial charge in [0, 0.05) is 32.0 Å². The van der Waals surface area contributed by atoms with Gasteiger partial charge in [0.25, 0.3) is 5.91 Å². The largest absolute Gasteiger partial charge is 0.382 e. The van der Waals surface area contributed by atoms with Crippen molar-refractivity contribution >= 4 is 23.7 Å². The molecule has 1 heterocycles. The molecule has 0 bridgehead atoms. The summed E-state index contributed by atoms with van der Waals surface area (Å²) in [6.07, 6.45) is 2.42. The molecule has 0 unspecified atom stereocenters. The number of anilines is 1. The molecule has 2 amide bonds. The van der Waals surface area contributed by atoms with Gasteiger partial charge in [-0.3, -0.25) is 14.6 Å². The van der Waals surface area contributed by atoms with E-state index in [0.717, 1.165) is 17.5 Å².